The van der Waals surface area contributed by atoms with Crippen LogP contribution in [-0.4, -0.2) is 27.6 Å². The topological polar surface area (TPSA) is 100 Å². The van der Waals surface area contributed by atoms with Gasteiger partial charge in [0.2, 0.25) is 5.89 Å². The third-order valence-electron chi connectivity index (χ3n) is 5.21. The lowest BCUT2D eigenvalue weighted by Crippen LogP contribution is -2.24. The van der Waals surface area contributed by atoms with E-state index in [4.69, 9.17) is 13.6 Å². The van der Waals surface area contributed by atoms with E-state index in [9.17, 15) is 14.0 Å². The summed E-state index contributed by atoms with van der Waals surface area (Å²) in [5.74, 6) is 0.324. The minimum absolute atomic E-state index is 0.184. The van der Waals surface area contributed by atoms with Crippen LogP contribution >= 0.6 is 11.8 Å². The van der Waals surface area contributed by atoms with E-state index in [-0.39, 0.29) is 17.9 Å². The van der Waals surface area contributed by atoms with Crippen molar-refractivity contribution in [2.24, 2.45) is 0 Å². The van der Waals surface area contributed by atoms with Crippen molar-refractivity contribution in [1.29, 1.82) is 0 Å². The van der Waals surface area contributed by atoms with Crippen molar-refractivity contribution in [3.8, 4) is 11.5 Å². The smallest absolute Gasteiger partial charge is 0.337 e. The van der Waals surface area contributed by atoms with E-state index >= 15 is 0 Å². The van der Waals surface area contributed by atoms with Crippen LogP contribution in [0, 0.1) is 5.82 Å². The molecule has 176 valence electrons. The summed E-state index contributed by atoms with van der Waals surface area (Å²) < 4.78 is 30.8. The van der Waals surface area contributed by atoms with Gasteiger partial charge in [-0.1, -0.05) is 17.8 Å². The number of methoxy groups -OCH3 is 1. The Balaban J connectivity index is 1.49. The van der Waals surface area contributed by atoms with Crippen molar-refractivity contribution in [2.45, 2.75) is 17.5 Å². The second kappa shape index (κ2) is 9.59. The Hall–Kier alpha value is -4.18. The fourth-order valence-corrected chi connectivity index (χ4v) is 4.40. The number of fused-ring (bicyclic) bond motifs is 1. The van der Waals surface area contributed by atoms with E-state index in [1.165, 1.54) is 60.2 Å². The highest BCUT2D eigenvalue weighted by Crippen LogP contribution is 2.26. The molecule has 35 heavy (non-hydrogen) atoms. The second-order valence-electron chi connectivity index (χ2n) is 7.53. The molecule has 0 amide bonds. The molecular formula is C25H18FN3O5S. The molecule has 0 N–H and O–H groups in total. The molecule has 0 aliphatic carbocycles. The first-order chi connectivity index (χ1) is 17.0. The van der Waals surface area contributed by atoms with Gasteiger partial charge in [0.15, 0.2) is 5.16 Å². The number of hydrogen-bond acceptors (Lipinski definition) is 8. The summed E-state index contributed by atoms with van der Waals surface area (Å²) in [4.78, 5) is 34.4. The van der Waals surface area contributed by atoms with Gasteiger partial charge in [-0.3, -0.25) is 9.36 Å². The normalized spacial score (nSPS) is 11.1. The van der Waals surface area contributed by atoms with Crippen LogP contribution in [0.3, 0.4) is 0 Å². The fraction of sp³-hybridized carbons (Fsp3) is 0.120. The molecule has 5 rings (SSSR count). The van der Waals surface area contributed by atoms with Gasteiger partial charge in [0, 0.05) is 11.3 Å². The monoisotopic (exact) mass is 491 g/mol. The number of rotatable bonds is 7. The molecule has 5 aromatic rings. The standard InChI is InChI=1S/C25H18FN3O5S/c1-32-24(31)16-7-8-20-21(11-16)28-25(29(23(20)30)12-19-6-3-9-33-19)35-14-18-13-34-22(27-18)15-4-2-5-17(26)10-15/h2-11,13H,12,14H2,1H3. The number of carbonyl (C=O) groups is 1. The Kier molecular flexibility index (Phi) is 6.19. The van der Waals surface area contributed by atoms with Crippen LogP contribution in [0.25, 0.3) is 22.4 Å². The maximum atomic E-state index is 13.5. The third-order valence-corrected chi connectivity index (χ3v) is 6.22. The molecule has 0 aliphatic heterocycles. The average Bonchev–Trinajstić information content (AvgIpc) is 3.56. The van der Waals surface area contributed by atoms with Crippen LogP contribution in [0.2, 0.25) is 0 Å². The van der Waals surface area contributed by atoms with Gasteiger partial charge in [-0.2, -0.15) is 0 Å². The molecule has 3 heterocycles. The van der Waals surface area contributed by atoms with Gasteiger partial charge in [-0.15, -0.1) is 0 Å². The molecule has 0 saturated carbocycles. The quantitative estimate of drug-likeness (QED) is 0.180. The first kappa shape index (κ1) is 22.6. The molecule has 8 nitrogen and oxygen atoms in total. The first-order valence-corrected chi connectivity index (χ1v) is 11.5. The number of ether oxygens (including phenoxy) is 1. The van der Waals surface area contributed by atoms with E-state index in [2.05, 4.69) is 9.97 Å². The highest BCUT2D eigenvalue weighted by atomic mass is 32.2. The molecule has 2 aromatic carbocycles. The third kappa shape index (κ3) is 4.73. The molecule has 0 saturated heterocycles. The van der Waals surface area contributed by atoms with Crippen molar-refractivity contribution < 1.29 is 22.8 Å². The van der Waals surface area contributed by atoms with E-state index in [1.807, 2.05) is 0 Å². The Morgan fingerprint density at radius 2 is 2.00 bits per heavy atom. The molecule has 0 unspecified atom stereocenters. The summed E-state index contributed by atoms with van der Waals surface area (Å²) in [6, 6.07) is 14.1. The Morgan fingerprint density at radius 3 is 2.77 bits per heavy atom. The van der Waals surface area contributed by atoms with Crippen molar-refractivity contribution >= 4 is 28.6 Å². The van der Waals surface area contributed by atoms with Gasteiger partial charge in [-0.05, 0) is 48.5 Å². The molecular weight excluding hydrogens is 473 g/mol. The number of aromatic nitrogens is 3. The molecule has 0 fully saturated rings. The highest BCUT2D eigenvalue weighted by Gasteiger charge is 2.17. The SMILES string of the molecule is COC(=O)c1ccc2c(=O)n(Cc3ccco3)c(SCc3coc(-c4cccc(F)c4)n3)nc2c1. The second-order valence-corrected chi connectivity index (χ2v) is 8.47. The lowest BCUT2D eigenvalue weighted by molar-refractivity contribution is 0.0601. The number of oxazole rings is 1. The van der Waals surface area contributed by atoms with Crippen molar-refractivity contribution in [2.75, 3.05) is 7.11 Å². The summed E-state index contributed by atoms with van der Waals surface area (Å²) in [5.41, 5.74) is 1.51. The summed E-state index contributed by atoms with van der Waals surface area (Å²) in [6.07, 6.45) is 3.02. The lowest BCUT2D eigenvalue weighted by atomic mass is 10.1. The number of nitrogens with zero attached hydrogens (tertiary/aromatic N) is 3. The van der Waals surface area contributed by atoms with Gasteiger partial charge in [0.1, 0.15) is 17.8 Å². The predicted octanol–water partition coefficient (Wildman–Crippen LogP) is 4.91. The Morgan fingerprint density at radius 1 is 1.11 bits per heavy atom. The van der Waals surface area contributed by atoms with Crippen LogP contribution in [0.15, 0.2) is 85.9 Å². The molecule has 0 aliphatic rings. The molecule has 0 radical (unpaired) electrons. The highest BCUT2D eigenvalue weighted by molar-refractivity contribution is 7.98. The summed E-state index contributed by atoms with van der Waals surface area (Å²) in [5, 5.41) is 0.777. The summed E-state index contributed by atoms with van der Waals surface area (Å²) in [7, 11) is 1.29. The van der Waals surface area contributed by atoms with Crippen LogP contribution < -0.4 is 5.56 Å². The zero-order valence-electron chi connectivity index (χ0n) is 18.4. The molecule has 0 spiro atoms. The minimum Gasteiger partial charge on any atom is -0.467 e. The van der Waals surface area contributed by atoms with Crippen molar-refractivity contribution in [3.05, 3.63) is 100 Å². The number of halogens is 1. The molecule has 10 heteroatoms. The maximum Gasteiger partial charge on any atom is 0.337 e. The zero-order valence-corrected chi connectivity index (χ0v) is 19.3. The number of furan rings is 1. The van der Waals surface area contributed by atoms with Crippen LogP contribution in [0.4, 0.5) is 4.39 Å². The number of thioether (sulfide) groups is 1. The lowest BCUT2D eigenvalue weighted by Gasteiger charge is -2.12. The van der Waals surface area contributed by atoms with Gasteiger partial charge >= 0.3 is 5.97 Å². The zero-order chi connectivity index (χ0) is 24.4. The van der Waals surface area contributed by atoms with Crippen LogP contribution in [0.5, 0.6) is 0 Å². The average molecular weight is 492 g/mol. The van der Waals surface area contributed by atoms with Gasteiger partial charge in [0.05, 0.1) is 42.1 Å². The predicted molar refractivity (Wildman–Crippen MR) is 127 cm³/mol. The largest absolute Gasteiger partial charge is 0.467 e. The number of carbonyl (C=O) groups excluding carboxylic acids is 1. The van der Waals surface area contributed by atoms with Crippen LogP contribution in [-0.2, 0) is 17.0 Å². The minimum atomic E-state index is -0.518. The number of esters is 1. The van der Waals surface area contributed by atoms with Gasteiger partial charge in [-0.25, -0.2) is 19.2 Å². The van der Waals surface area contributed by atoms with E-state index in [0.717, 1.165) is 0 Å². The van der Waals surface area contributed by atoms with Crippen molar-refractivity contribution in [1.82, 2.24) is 14.5 Å². The number of benzene rings is 2. The van der Waals surface area contributed by atoms with Gasteiger partial charge < -0.3 is 13.6 Å². The molecule has 0 bridgehead atoms. The summed E-state index contributed by atoms with van der Waals surface area (Å²) in [6.45, 7) is 0.184. The molecule has 0 atom stereocenters. The maximum absolute atomic E-state index is 13.5. The van der Waals surface area contributed by atoms with Gasteiger partial charge in [0.25, 0.3) is 5.56 Å². The Bertz CT molecular complexity index is 1580. The van der Waals surface area contributed by atoms with Crippen LogP contribution in [0.1, 0.15) is 21.8 Å². The number of hydrogen-bond donors (Lipinski definition) is 0. The fourth-order valence-electron chi connectivity index (χ4n) is 3.52. The first-order valence-electron chi connectivity index (χ1n) is 10.5. The summed E-state index contributed by atoms with van der Waals surface area (Å²) >= 11 is 1.28. The van der Waals surface area contributed by atoms with E-state index in [1.54, 1.807) is 30.3 Å². The van der Waals surface area contributed by atoms with E-state index in [0.29, 0.717) is 50.3 Å². The van der Waals surface area contributed by atoms with Crippen molar-refractivity contribution in [3.63, 3.8) is 0 Å². The molecule has 3 aromatic heterocycles. The van der Waals surface area contributed by atoms with E-state index < -0.39 is 5.97 Å². The Labute approximate surface area is 202 Å².